The predicted octanol–water partition coefficient (Wildman–Crippen LogP) is 4.73. The molecule has 2 amide bonds. The number of aromatic amines is 1. The molecule has 2 aliphatic heterocycles. The van der Waals surface area contributed by atoms with E-state index in [1.165, 1.54) is 12.4 Å². The molecule has 0 atom stereocenters. The van der Waals surface area contributed by atoms with Crippen molar-refractivity contribution in [2.75, 3.05) is 43.1 Å². The Morgan fingerprint density at radius 1 is 0.980 bits per heavy atom. The highest BCUT2D eigenvalue weighted by molar-refractivity contribution is 6.35. The van der Waals surface area contributed by atoms with Crippen molar-refractivity contribution in [1.29, 1.82) is 0 Å². The number of benzene rings is 2. The molecule has 5 heterocycles. The monoisotopic (exact) mass is 675 g/mol. The number of nitrogens with one attached hydrogen (secondary N) is 3. The van der Waals surface area contributed by atoms with Gasteiger partial charge >= 0.3 is 0 Å². The lowest BCUT2D eigenvalue weighted by molar-refractivity contribution is -0.110. The van der Waals surface area contributed by atoms with Crippen LogP contribution >= 0.6 is 0 Å². The standard InChI is InChI=1S/C37H31F2N7O4/c38-31-7-4-24(14-32(31)39)21-46-22-40-20-30(37(46)49)35(47)41-9-1-2-23-3-6-28-29(36(48)44-33(28)15-23)17-27-16-26(19-42-27)25-5-8-34(43-18-25)45-10-12-50-13-11-45/h1-8,14-20,22,42H,9-13,21H2,(H,41,47)(H,44,48)/b2-1+,29-17?. The number of fused-ring (bicyclic) bond motifs is 1. The lowest BCUT2D eigenvalue weighted by Gasteiger charge is -2.27. The first-order valence-corrected chi connectivity index (χ1v) is 15.9. The van der Waals surface area contributed by atoms with E-state index in [4.69, 9.17) is 4.74 Å². The molecule has 1 fully saturated rings. The summed E-state index contributed by atoms with van der Waals surface area (Å²) in [6, 6.07) is 14.9. The summed E-state index contributed by atoms with van der Waals surface area (Å²) in [5, 5.41) is 5.58. The van der Waals surface area contributed by atoms with Gasteiger partial charge in [-0.1, -0.05) is 30.4 Å². The molecule has 0 bridgehead atoms. The summed E-state index contributed by atoms with van der Waals surface area (Å²) in [6.07, 6.45) is 11.4. The smallest absolute Gasteiger partial charge is 0.266 e. The van der Waals surface area contributed by atoms with E-state index in [-0.39, 0.29) is 24.6 Å². The summed E-state index contributed by atoms with van der Waals surface area (Å²) in [6.45, 7) is 3.07. The normalized spacial score (nSPS) is 15.0. The summed E-state index contributed by atoms with van der Waals surface area (Å²) < 4.78 is 33.4. The van der Waals surface area contributed by atoms with E-state index >= 15 is 0 Å². The fourth-order valence-corrected chi connectivity index (χ4v) is 5.81. The van der Waals surface area contributed by atoms with Gasteiger partial charge in [0.25, 0.3) is 17.4 Å². The molecule has 0 aliphatic carbocycles. The van der Waals surface area contributed by atoms with Crippen LogP contribution in [0, 0.1) is 11.6 Å². The minimum absolute atomic E-state index is 0.0793. The molecule has 5 aromatic rings. The number of anilines is 2. The van der Waals surface area contributed by atoms with Crippen LogP contribution in [0.4, 0.5) is 20.3 Å². The molecule has 13 heteroatoms. The largest absolute Gasteiger partial charge is 0.378 e. The molecule has 0 radical (unpaired) electrons. The van der Waals surface area contributed by atoms with E-state index in [0.717, 1.165) is 69.8 Å². The molecule has 50 heavy (non-hydrogen) atoms. The van der Waals surface area contributed by atoms with E-state index in [1.54, 1.807) is 12.2 Å². The van der Waals surface area contributed by atoms with E-state index in [9.17, 15) is 23.2 Å². The van der Waals surface area contributed by atoms with Crippen LogP contribution in [0.15, 0.2) is 90.4 Å². The number of hydrogen-bond donors (Lipinski definition) is 3. The van der Waals surface area contributed by atoms with Crippen molar-refractivity contribution in [2.45, 2.75) is 6.54 Å². The maximum Gasteiger partial charge on any atom is 0.266 e. The first-order chi connectivity index (χ1) is 24.3. The first-order valence-electron chi connectivity index (χ1n) is 15.9. The first kappa shape index (κ1) is 32.3. The van der Waals surface area contributed by atoms with Crippen molar-refractivity contribution >= 4 is 41.0 Å². The Balaban J connectivity index is 0.971. The van der Waals surface area contributed by atoms with Crippen LogP contribution in [0.25, 0.3) is 28.9 Å². The Labute approximate surface area is 285 Å². The highest BCUT2D eigenvalue weighted by atomic mass is 19.2. The number of nitrogens with zero attached hydrogens (tertiary/aromatic N) is 4. The van der Waals surface area contributed by atoms with Gasteiger partial charge in [-0.25, -0.2) is 18.7 Å². The second-order valence-corrected chi connectivity index (χ2v) is 11.8. The zero-order valence-corrected chi connectivity index (χ0v) is 26.7. The molecular weight excluding hydrogens is 644 g/mol. The molecule has 3 N–H and O–H groups in total. The van der Waals surface area contributed by atoms with Gasteiger partial charge in [0.1, 0.15) is 11.4 Å². The molecule has 11 nitrogen and oxygen atoms in total. The third-order valence-electron chi connectivity index (χ3n) is 8.42. The zero-order chi connectivity index (χ0) is 34.6. The van der Waals surface area contributed by atoms with Crippen LogP contribution in [0.3, 0.4) is 0 Å². The number of aromatic nitrogens is 4. The Morgan fingerprint density at radius 2 is 1.84 bits per heavy atom. The number of carbonyl (C=O) groups is 2. The zero-order valence-electron chi connectivity index (χ0n) is 26.7. The van der Waals surface area contributed by atoms with Gasteiger partial charge in [0.05, 0.1) is 31.7 Å². The lowest BCUT2D eigenvalue weighted by Crippen LogP contribution is -2.36. The Bertz CT molecular complexity index is 2200. The van der Waals surface area contributed by atoms with Gasteiger partial charge in [-0.2, -0.15) is 0 Å². The van der Waals surface area contributed by atoms with Crippen molar-refractivity contribution < 1.29 is 23.1 Å². The van der Waals surface area contributed by atoms with Crippen LogP contribution in [-0.4, -0.2) is 64.2 Å². The maximum absolute atomic E-state index is 13.6. The molecule has 0 spiro atoms. The second-order valence-electron chi connectivity index (χ2n) is 11.8. The fourth-order valence-electron chi connectivity index (χ4n) is 5.81. The van der Waals surface area contributed by atoms with E-state index in [1.807, 2.05) is 54.9 Å². The van der Waals surface area contributed by atoms with Gasteiger partial charge in [0.2, 0.25) is 0 Å². The molecule has 0 saturated carbocycles. The van der Waals surface area contributed by atoms with Crippen LogP contribution in [0.5, 0.6) is 0 Å². The number of morpholine rings is 1. The quantitative estimate of drug-likeness (QED) is 0.192. The van der Waals surface area contributed by atoms with Gasteiger partial charge in [-0.3, -0.25) is 19.0 Å². The molecule has 2 aliphatic rings. The van der Waals surface area contributed by atoms with Gasteiger partial charge in [-0.15, -0.1) is 0 Å². The van der Waals surface area contributed by atoms with Crippen molar-refractivity contribution in [3.63, 3.8) is 0 Å². The van der Waals surface area contributed by atoms with Crippen molar-refractivity contribution in [3.05, 3.63) is 136 Å². The van der Waals surface area contributed by atoms with Crippen LogP contribution in [-0.2, 0) is 16.1 Å². The third kappa shape index (κ3) is 6.98. The van der Waals surface area contributed by atoms with Gasteiger partial charge in [0, 0.05) is 66.3 Å². The molecule has 7 rings (SSSR count). The molecule has 2 aromatic carbocycles. The topological polar surface area (TPSA) is 134 Å². The number of hydrogen-bond acceptors (Lipinski definition) is 7. The summed E-state index contributed by atoms with van der Waals surface area (Å²) in [7, 11) is 0. The summed E-state index contributed by atoms with van der Waals surface area (Å²) in [5.41, 5.74) is 5.01. The number of amides is 2. The number of carbonyl (C=O) groups excluding carboxylic acids is 2. The van der Waals surface area contributed by atoms with Gasteiger partial charge in [-0.05, 0) is 53.6 Å². The van der Waals surface area contributed by atoms with E-state index in [2.05, 4.69) is 30.5 Å². The fraction of sp³-hybridized carbons (Fsp3) is 0.162. The number of ether oxygens (including phenoxy) is 1. The Hall–Kier alpha value is -6.21. The highest BCUT2D eigenvalue weighted by Crippen LogP contribution is 2.34. The number of rotatable bonds is 9. The van der Waals surface area contributed by atoms with Gasteiger partial charge in [0.15, 0.2) is 11.6 Å². The second kappa shape index (κ2) is 14.1. The highest BCUT2D eigenvalue weighted by Gasteiger charge is 2.24. The Morgan fingerprint density at radius 3 is 2.64 bits per heavy atom. The van der Waals surface area contributed by atoms with Crippen LogP contribution in [0.1, 0.15) is 32.7 Å². The maximum atomic E-state index is 13.6. The minimum Gasteiger partial charge on any atom is -0.378 e. The van der Waals surface area contributed by atoms with Crippen molar-refractivity contribution in [2.24, 2.45) is 0 Å². The molecule has 1 saturated heterocycles. The van der Waals surface area contributed by atoms with E-state index in [0.29, 0.717) is 30.0 Å². The number of halogens is 2. The summed E-state index contributed by atoms with van der Waals surface area (Å²) in [5.74, 6) is -1.94. The van der Waals surface area contributed by atoms with Gasteiger partial charge < -0.3 is 25.3 Å². The van der Waals surface area contributed by atoms with Crippen LogP contribution in [0.2, 0.25) is 0 Å². The van der Waals surface area contributed by atoms with Crippen molar-refractivity contribution in [3.8, 4) is 11.1 Å². The minimum atomic E-state index is -1.03. The molecule has 252 valence electrons. The summed E-state index contributed by atoms with van der Waals surface area (Å²) >= 11 is 0. The number of pyridine rings is 1. The van der Waals surface area contributed by atoms with E-state index < -0.39 is 23.1 Å². The average molecular weight is 676 g/mol. The van der Waals surface area contributed by atoms with Crippen LogP contribution < -0.4 is 21.1 Å². The average Bonchev–Trinajstić information content (AvgIpc) is 3.73. The SMILES string of the molecule is O=C1Nc2cc(/C=C/CNC(=O)c3cncn(Cc4ccc(F)c(F)c4)c3=O)ccc2C1=Cc1cc(-c2ccc(N3CCOCC3)nc2)c[nH]1. The third-order valence-corrected chi connectivity index (χ3v) is 8.42. The molecule has 3 aromatic heterocycles. The number of H-pyrrole nitrogens is 1. The summed E-state index contributed by atoms with van der Waals surface area (Å²) in [4.78, 5) is 52.5. The molecular formula is C37H31F2N7O4. The predicted molar refractivity (Wildman–Crippen MR) is 185 cm³/mol. The Kier molecular flexibility index (Phi) is 9.12. The molecule has 0 unspecified atom stereocenters. The van der Waals surface area contributed by atoms with Crippen molar-refractivity contribution in [1.82, 2.24) is 24.8 Å². The lowest BCUT2D eigenvalue weighted by atomic mass is 10.0.